The largest absolute Gasteiger partial charge is 0.352 e. The van der Waals surface area contributed by atoms with Crippen LogP contribution in [-0.2, 0) is 5.75 Å². The molecule has 0 aliphatic heterocycles. The van der Waals surface area contributed by atoms with Crippen LogP contribution < -0.4 is 10.9 Å². The van der Waals surface area contributed by atoms with Gasteiger partial charge in [-0.25, -0.2) is 9.37 Å². The van der Waals surface area contributed by atoms with Gasteiger partial charge >= 0.3 is 0 Å². The standard InChI is InChI=1S/C26H23FN4O4S/c1-16(2)14-28-24(32)18-8-11-22-23(12-18)29-26(30(25(22)33)21-5-3-4-19(27)13-21)36-15-17-6-9-20(10-7-17)31(34)35/h3-13,16H,14-15H2,1-2H3,(H,28,32). The molecule has 1 amide bonds. The van der Waals surface area contributed by atoms with E-state index in [9.17, 15) is 24.1 Å². The predicted octanol–water partition coefficient (Wildman–Crippen LogP) is 5.11. The summed E-state index contributed by atoms with van der Waals surface area (Å²) in [4.78, 5) is 41.2. The molecule has 3 aromatic carbocycles. The molecule has 36 heavy (non-hydrogen) atoms. The maximum atomic E-state index is 14.0. The maximum absolute atomic E-state index is 14.0. The van der Waals surface area contributed by atoms with Crippen molar-refractivity contribution in [2.75, 3.05) is 6.54 Å². The number of carbonyl (C=O) groups is 1. The second-order valence-electron chi connectivity index (χ2n) is 8.56. The third-order valence-electron chi connectivity index (χ3n) is 5.35. The number of nitrogens with zero attached hydrogens (tertiary/aromatic N) is 3. The van der Waals surface area contributed by atoms with Crippen LogP contribution in [0.15, 0.2) is 76.7 Å². The van der Waals surface area contributed by atoms with E-state index in [0.717, 1.165) is 5.56 Å². The molecule has 0 fully saturated rings. The van der Waals surface area contributed by atoms with Gasteiger partial charge in [0.1, 0.15) is 5.82 Å². The summed E-state index contributed by atoms with van der Waals surface area (Å²) < 4.78 is 15.3. The van der Waals surface area contributed by atoms with E-state index in [1.165, 1.54) is 46.7 Å². The number of thioether (sulfide) groups is 1. The SMILES string of the molecule is CC(C)CNC(=O)c1ccc2c(=O)n(-c3cccc(F)c3)c(SCc3ccc([N+](=O)[O-])cc3)nc2c1. The third kappa shape index (κ3) is 5.60. The monoisotopic (exact) mass is 506 g/mol. The zero-order valence-corrected chi connectivity index (χ0v) is 20.4. The highest BCUT2D eigenvalue weighted by Gasteiger charge is 2.16. The minimum Gasteiger partial charge on any atom is -0.352 e. The second kappa shape index (κ2) is 10.7. The fraction of sp³-hybridized carbons (Fsp3) is 0.192. The number of aromatic nitrogens is 2. The maximum Gasteiger partial charge on any atom is 0.269 e. The molecule has 184 valence electrons. The summed E-state index contributed by atoms with van der Waals surface area (Å²) in [5.74, 6) is -0.113. The summed E-state index contributed by atoms with van der Waals surface area (Å²) in [6.07, 6.45) is 0. The fourth-order valence-electron chi connectivity index (χ4n) is 3.51. The Morgan fingerprint density at radius 1 is 1.14 bits per heavy atom. The van der Waals surface area contributed by atoms with Gasteiger partial charge in [0.2, 0.25) is 0 Å². The van der Waals surface area contributed by atoms with Crippen molar-refractivity contribution in [3.05, 3.63) is 104 Å². The number of hydrogen-bond donors (Lipinski definition) is 1. The van der Waals surface area contributed by atoms with Crippen LogP contribution in [0, 0.1) is 21.8 Å². The molecule has 1 N–H and O–H groups in total. The number of nitrogens with one attached hydrogen (secondary N) is 1. The molecule has 0 bridgehead atoms. The van der Waals surface area contributed by atoms with Gasteiger partial charge in [-0.1, -0.05) is 43.8 Å². The first-order valence-electron chi connectivity index (χ1n) is 11.2. The minimum absolute atomic E-state index is 0.0208. The highest BCUT2D eigenvalue weighted by atomic mass is 32.2. The Bertz CT molecular complexity index is 1500. The van der Waals surface area contributed by atoms with E-state index in [4.69, 9.17) is 0 Å². The van der Waals surface area contributed by atoms with Gasteiger partial charge in [0, 0.05) is 30.0 Å². The highest BCUT2D eigenvalue weighted by Crippen LogP contribution is 2.26. The van der Waals surface area contributed by atoms with Gasteiger partial charge in [0.15, 0.2) is 5.16 Å². The molecule has 8 nitrogen and oxygen atoms in total. The number of fused-ring (bicyclic) bond motifs is 1. The van der Waals surface area contributed by atoms with Crippen LogP contribution in [0.4, 0.5) is 10.1 Å². The van der Waals surface area contributed by atoms with E-state index >= 15 is 0 Å². The Balaban J connectivity index is 1.76. The molecule has 0 radical (unpaired) electrons. The summed E-state index contributed by atoms with van der Waals surface area (Å²) in [7, 11) is 0. The first kappa shape index (κ1) is 25.1. The number of carbonyl (C=O) groups excluding carboxylic acids is 1. The number of amides is 1. The molecular weight excluding hydrogens is 483 g/mol. The molecule has 1 heterocycles. The molecular formula is C26H23FN4O4S. The molecule has 0 atom stereocenters. The number of halogens is 1. The Kier molecular flexibility index (Phi) is 7.44. The normalized spacial score (nSPS) is 11.1. The van der Waals surface area contributed by atoms with Crippen molar-refractivity contribution in [3.63, 3.8) is 0 Å². The lowest BCUT2D eigenvalue weighted by atomic mass is 10.1. The molecule has 4 rings (SSSR count). The fourth-order valence-corrected chi connectivity index (χ4v) is 4.48. The van der Waals surface area contributed by atoms with Crippen LogP contribution in [-0.4, -0.2) is 26.9 Å². The van der Waals surface area contributed by atoms with Crippen molar-refractivity contribution in [1.82, 2.24) is 14.9 Å². The van der Waals surface area contributed by atoms with Crippen molar-refractivity contribution >= 4 is 34.3 Å². The highest BCUT2D eigenvalue weighted by molar-refractivity contribution is 7.98. The van der Waals surface area contributed by atoms with Crippen molar-refractivity contribution in [2.24, 2.45) is 5.92 Å². The van der Waals surface area contributed by atoms with Gasteiger partial charge in [0.05, 0.1) is 21.5 Å². The molecule has 0 aliphatic carbocycles. The van der Waals surface area contributed by atoms with E-state index in [2.05, 4.69) is 10.3 Å². The smallest absolute Gasteiger partial charge is 0.269 e. The summed E-state index contributed by atoms with van der Waals surface area (Å²) in [5.41, 5.74) is 1.41. The Morgan fingerprint density at radius 2 is 1.89 bits per heavy atom. The Labute approximate surface area is 210 Å². The van der Waals surface area contributed by atoms with Crippen LogP contribution in [0.5, 0.6) is 0 Å². The Morgan fingerprint density at radius 3 is 2.56 bits per heavy atom. The van der Waals surface area contributed by atoms with E-state index in [-0.39, 0.29) is 17.5 Å². The second-order valence-corrected chi connectivity index (χ2v) is 9.51. The molecule has 0 aliphatic rings. The van der Waals surface area contributed by atoms with E-state index in [0.29, 0.717) is 39.6 Å². The third-order valence-corrected chi connectivity index (χ3v) is 6.36. The van der Waals surface area contributed by atoms with Crippen molar-refractivity contribution < 1.29 is 14.1 Å². The van der Waals surface area contributed by atoms with Crippen LogP contribution >= 0.6 is 11.8 Å². The van der Waals surface area contributed by atoms with E-state index in [1.54, 1.807) is 36.4 Å². The van der Waals surface area contributed by atoms with Gasteiger partial charge in [-0.3, -0.25) is 24.3 Å². The minimum atomic E-state index is -0.497. The average molecular weight is 507 g/mol. The molecule has 10 heteroatoms. The zero-order valence-electron chi connectivity index (χ0n) is 19.6. The van der Waals surface area contributed by atoms with Crippen LogP contribution in [0.2, 0.25) is 0 Å². The van der Waals surface area contributed by atoms with Crippen molar-refractivity contribution in [1.29, 1.82) is 0 Å². The first-order valence-corrected chi connectivity index (χ1v) is 12.2. The summed E-state index contributed by atoms with van der Waals surface area (Å²) >= 11 is 1.23. The zero-order chi connectivity index (χ0) is 25.8. The lowest BCUT2D eigenvalue weighted by Gasteiger charge is -2.14. The van der Waals surface area contributed by atoms with Crippen LogP contribution in [0.25, 0.3) is 16.6 Å². The lowest BCUT2D eigenvalue weighted by Crippen LogP contribution is -2.27. The number of benzene rings is 3. The van der Waals surface area contributed by atoms with Gasteiger partial charge in [-0.2, -0.15) is 0 Å². The molecule has 4 aromatic rings. The quantitative estimate of drug-likeness (QED) is 0.154. The predicted molar refractivity (Wildman–Crippen MR) is 137 cm³/mol. The molecule has 1 aromatic heterocycles. The van der Waals surface area contributed by atoms with E-state index < -0.39 is 16.3 Å². The molecule has 0 saturated heterocycles. The van der Waals surface area contributed by atoms with Gasteiger partial charge in [-0.15, -0.1) is 0 Å². The molecule has 0 saturated carbocycles. The number of rotatable bonds is 8. The number of hydrogen-bond acceptors (Lipinski definition) is 6. The van der Waals surface area contributed by atoms with Crippen molar-refractivity contribution in [2.45, 2.75) is 24.8 Å². The average Bonchev–Trinajstić information content (AvgIpc) is 2.86. The van der Waals surface area contributed by atoms with Crippen molar-refractivity contribution in [3.8, 4) is 5.69 Å². The number of non-ortho nitro benzene ring substituents is 1. The first-order chi connectivity index (χ1) is 17.2. The Hall–Kier alpha value is -4.05. The lowest BCUT2D eigenvalue weighted by molar-refractivity contribution is -0.384. The molecule has 0 unspecified atom stereocenters. The van der Waals surface area contributed by atoms with Crippen LogP contribution in [0.3, 0.4) is 0 Å². The number of nitro benzene ring substituents is 1. The van der Waals surface area contributed by atoms with Crippen LogP contribution in [0.1, 0.15) is 29.8 Å². The van der Waals surface area contributed by atoms with Gasteiger partial charge < -0.3 is 5.32 Å². The number of nitro groups is 1. The summed E-state index contributed by atoms with van der Waals surface area (Å²) in [6, 6.07) is 16.4. The van der Waals surface area contributed by atoms with E-state index in [1.807, 2.05) is 13.8 Å². The molecule has 0 spiro atoms. The topological polar surface area (TPSA) is 107 Å². The summed E-state index contributed by atoms with van der Waals surface area (Å²) in [5, 5.41) is 14.4. The summed E-state index contributed by atoms with van der Waals surface area (Å²) in [6.45, 7) is 4.50. The van der Waals surface area contributed by atoms with Gasteiger partial charge in [-0.05, 0) is 47.9 Å². The van der Waals surface area contributed by atoms with Gasteiger partial charge in [0.25, 0.3) is 17.2 Å².